The zero-order chi connectivity index (χ0) is 13.8. The molecule has 1 unspecified atom stereocenters. The average Bonchev–Trinajstić information content (AvgIpc) is 2.85. The molecule has 102 valence electrons. The molecule has 0 saturated heterocycles. The fourth-order valence-corrected chi connectivity index (χ4v) is 1.91. The molecule has 1 heterocycles. The fourth-order valence-electron chi connectivity index (χ4n) is 1.91. The zero-order valence-corrected chi connectivity index (χ0v) is 11.6. The molecule has 0 aliphatic carbocycles. The standard InChI is InChI=1S/C15H20FN3/c1-11(2)19-8-7-15(18-19)10-17-12(3)13-5-4-6-14(16)9-13/h4-9,11-12,17H,10H2,1-3H3. The Morgan fingerprint density at radius 1 is 1.26 bits per heavy atom. The molecule has 2 rings (SSSR count). The van der Waals surface area contributed by atoms with Crippen molar-refractivity contribution in [2.45, 2.75) is 39.4 Å². The van der Waals surface area contributed by atoms with Crippen LogP contribution in [0.3, 0.4) is 0 Å². The van der Waals surface area contributed by atoms with E-state index in [1.807, 2.05) is 29.9 Å². The normalized spacial score (nSPS) is 12.9. The maximum atomic E-state index is 13.1. The second kappa shape index (κ2) is 5.97. The van der Waals surface area contributed by atoms with E-state index in [9.17, 15) is 4.39 Å². The molecule has 0 radical (unpaired) electrons. The lowest BCUT2D eigenvalue weighted by Gasteiger charge is -2.13. The van der Waals surface area contributed by atoms with E-state index in [1.165, 1.54) is 6.07 Å². The number of rotatable bonds is 5. The largest absolute Gasteiger partial charge is 0.304 e. The molecule has 0 amide bonds. The molecule has 19 heavy (non-hydrogen) atoms. The van der Waals surface area contributed by atoms with E-state index >= 15 is 0 Å². The van der Waals surface area contributed by atoms with Gasteiger partial charge in [-0.1, -0.05) is 12.1 Å². The van der Waals surface area contributed by atoms with Crippen molar-refractivity contribution in [3.8, 4) is 0 Å². The van der Waals surface area contributed by atoms with Crippen molar-refractivity contribution in [2.24, 2.45) is 0 Å². The predicted molar refractivity (Wildman–Crippen MR) is 74.3 cm³/mol. The van der Waals surface area contributed by atoms with Gasteiger partial charge in [-0.15, -0.1) is 0 Å². The summed E-state index contributed by atoms with van der Waals surface area (Å²) in [6.07, 6.45) is 1.98. The highest BCUT2D eigenvalue weighted by Crippen LogP contribution is 2.14. The monoisotopic (exact) mass is 261 g/mol. The van der Waals surface area contributed by atoms with Crippen LogP contribution in [0, 0.1) is 5.82 Å². The van der Waals surface area contributed by atoms with E-state index < -0.39 is 0 Å². The molecular formula is C15H20FN3. The maximum Gasteiger partial charge on any atom is 0.123 e. The lowest BCUT2D eigenvalue weighted by atomic mass is 10.1. The number of benzene rings is 1. The van der Waals surface area contributed by atoms with Crippen LogP contribution < -0.4 is 5.32 Å². The van der Waals surface area contributed by atoms with Crippen molar-refractivity contribution < 1.29 is 4.39 Å². The minimum absolute atomic E-state index is 0.0971. The molecule has 0 fully saturated rings. The minimum atomic E-state index is -0.199. The van der Waals surface area contributed by atoms with Gasteiger partial charge in [0.15, 0.2) is 0 Å². The van der Waals surface area contributed by atoms with Crippen LogP contribution in [0.1, 0.15) is 44.1 Å². The van der Waals surface area contributed by atoms with Gasteiger partial charge in [0.2, 0.25) is 0 Å². The Balaban J connectivity index is 1.94. The molecule has 0 aliphatic rings. The van der Waals surface area contributed by atoms with E-state index in [-0.39, 0.29) is 11.9 Å². The molecule has 1 atom stereocenters. The van der Waals surface area contributed by atoms with E-state index in [2.05, 4.69) is 24.3 Å². The third-order valence-electron chi connectivity index (χ3n) is 3.13. The van der Waals surface area contributed by atoms with Crippen LogP contribution >= 0.6 is 0 Å². The summed E-state index contributed by atoms with van der Waals surface area (Å²) in [6.45, 7) is 6.89. The molecule has 1 aromatic carbocycles. The van der Waals surface area contributed by atoms with E-state index in [1.54, 1.807) is 12.1 Å². The predicted octanol–water partition coefficient (Wildman–Crippen LogP) is 3.45. The van der Waals surface area contributed by atoms with Crippen LogP contribution in [0.25, 0.3) is 0 Å². The van der Waals surface area contributed by atoms with Crippen molar-refractivity contribution in [3.05, 3.63) is 53.6 Å². The number of halogens is 1. The first kappa shape index (κ1) is 13.7. The average molecular weight is 261 g/mol. The summed E-state index contributed by atoms with van der Waals surface area (Å²) in [5.74, 6) is -0.199. The Labute approximate surface area is 113 Å². The summed E-state index contributed by atoms with van der Waals surface area (Å²) in [7, 11) is 0. The Morgan fingerprint density at radius 2 is 2.05 bits per heavy atom. The summed E-state index contributed by atoms with van der Waals surface area (Å²) in [5.41, 5.74) is 1.94. The first-order chi connectivity index (χ1) is 9.06. The highest BCUT2D eigenvalue weighted by atomic mass is 19.1. The van der Waals surface area contributed by atoms with Crippen LogP contribution in [-0.4, -0.2) is 9.78 Å². The van der Waals surface area contributed by atoms with Gasteiger partial charge >= 0.3 is 0 Å². The van der Waals surface area contributed by atoms with Gasteiger partial charge in [0.1, 0.15) is 5.82 Å². The third kappa shape index (κ3) is 3.64. The van der Waals surface area contributed by atoms with Gasteiger partial charge in [0, 0.05) is 24.8 Å². The number of aromatic nitrogens is 2. The lowest BCUT2D eigenvalue weighted by Crippen LogP contribution is -2.18. The van der Waals surface area contributed by atoms with Crippen molar-refractivity contribution >= 4 is 0 Å². The first-order valence-corrected chi connectivity index (χ1v) is 6.59. The van der Waals surface area contributed by atoms with Crippen LogP contribution in [-0.2, 0) is 6.54 Å². The molecule has 0 bridgehead atoms. The summed E-state index contributed by atoms with van der Waals surface area (Å²) < 4.78 is 15.1. The fraction of sp³-hybridized carbons (Fsp3) is 0.400. The first-order valence-electron chi connectivity index (χ1n) is 6.59. The van der Waals surface area contributed by atoms with Crippen LogP contribution in [0.5, 0.6) is 0 Å². The molecular weight excluding hydrogens is 241 g/mol. The molecule has 0 aliphatic heterocycles. The molecule has 1 aromatic heterocycles. The molecule has 0 saturated carbocycles. The van der Waals surface area contributed by atoms with Gasteiger partial charge in [-0.2, -0.15) is 5.10 Å². The topological polar surface area (TPSA) is 29.9 Å². The van der Waals surface area contributed by atoms with Crippen molar-refractivity contribution in [1.29, 1.82) is 0 Å². The summed E-state index contributed by atoms with van der Waals surface area (Å²) >= 11 is 0. The van der Waals surface area contributed by atoms with E-state index in [0.717, 1.165) is 11.3 Å². The number of nitrogens with one attached hydrogen (secondary N) is 1. The Bertz CT molecular complexity index is 534. The Kier molecular flexibility index (Phi) is 4.32. The second-order valence-corrected chi connectivity index (χ2v) is 5.04. The second-order valence-electron chi connectivity index (χ2n) is 5.04. The number of hydrogen-bond acceptors (Lipinski definition) is 2. The van der Waals surface area contributed by atoms with E-state index in [4.69, 9.17) is 0 Å². The van der Waals surface area contributed by atoms with Gasteiger partial charge < -0.3 is 5.32 Å². The van der Waals surface area contributed by atoms with Gasteiger partial charge in [-0.25, -0.2) is 4.39 Å². The number of nitrogens with zero attached hydrogens (tertiary/aromatic N) is 2. The maximum absolute atomic E-state index is 13.1. The summed E-state index contributed by atoms with van der Waals surface area (Å²) in [6, 6.07) is 9.15. The molecule has 3 nitrogen and oxygen atoms in total. The van der Waals surface area contributed by atoms with Gasteiger partial charge in [-0.3, -0.25) is 4.68 Å². The van der Waals surface area contributed by atoms with Crippen molar-refractivity contribution in [1.82, 2.24) is 15.1 Å². The lowest BCUT2D eigenvalue weighted by molar-refractivity contribution is 0.511. The molecule has 0 spiro atoms. The van der Waals surface area contributed by atoms with Crippen molar-refractivity contribution in [2.75, 3.05) is 0 Å². The molecule has 1 N–H and O–H groups in total. The van der Waals surface area contributed by atoms with E-state index in [0.29, 0.717) is 12.6 Å². The highest BCUT2D eigenvalue weighted by molar-refractivity contribution is 5.19. The SMILES string of the molecule is CC(NCc1ccn(C(C)C)n1)c1cccc(F)c1. The third-order valence-corrected chi connectivity index (χ3v) is 3.13. The van der Waals surface area contributed by atoms with Crippen LogP contribution in [0.2, 0.25) is 0 Å². The quantitative estimate of drug-likeness (QED) is 0.893. The Morgan fingerprint density at radius 3 is 2.68 bits per heavy atom. The van der Waals surface area contributed by atoms with Crippen LogP contribution in [0.15, 0.2) is 36.5 Å². The summed E-state index contributed by atoms with van der Waals surface area (Å²) in [4.78, 5) is 0. The van der Waals surface area contributed by atoms with Crippen molar-refractivity contribution in [3.63, 3.8) is 0 Å². The van der Waals surface area contributed by atoms with Gasteiger partial charge in [-0.05, 0) is 44.5 Å². The zero-order valence-electron chi connectivity index (χ0n) is 11.6. The smallest absolute Gasteiger partial charge is 0.123 e. The molecule has 2 aromatic rings. The summed E-state index contributed by atoms with van der Waals surface area (Å²) in [5, 5.41) is 7.83. The minimum Gasteiger partial charge on any atom is -0.304 e. The van der Waals surface area contributed by atoms with Gasteiger partial charge in [0.05, 0.1) is 5.69 Å². The van der Waals surface area contributed by atoms with Gasteiger partial charge in [0.25, 0.3) is 0 Å². The molecule has 4 heteroatoms. The van der Waals surface area contributed by atoms with Crippen LogP contribution in [0.4, 0.5) is 4.39 Å². The Hall–Kier alpha value is -1.68. The number of hydrogen-bond donors (Lipinski definition) is 1. The highest BCUT2D eigenvalue weighted by Gasteiger charge is 2.07.